The summed E-state index contributed by atoms with van der Waals surface area (Å²) in [5.41, 5.74) is 0.0188. The van der Waals surface area contributed by atoms with Gasteiger partial charge in [0.2, 0.25) is 0 Å². The Morgan fingerprint density at radius 2 is 2.13 bits per heavy atom. The third-order valence-corrected chi connectivity index (χ3v) is 6.82. The van der Waals surface area contributed by atoms with Gasteiger partial charge >= 0.3 is 0 Å². The van der Waals surface area contributed by atoms with Crippen LogP contribution in [-0.4, -0.2) is 65.7 Å². The SMILES string of the molecule is COCCN1CCC(c2cc(NCc3ccc(Cl)s3)n(C(=O)C(C)(C)CO)n2)CC1. The van der Waals surface area contributed by atoms with Gasteiger partial charge < -0.3 is 20.1 Å². The Kier molecular flexibility index (Phi) is 7.92. The van der Waals surface area contributed by atoms with E-state index in [1.165, 1.54) is 16.0 Å². The second-order valence-corrected chi connectivity index (χ2v) is 10.2. The fourth-order valence-electron chi connectivity index (χ4n) is 3.53. The molecule has 0 radical (unpaired) electrons. The number of aliphatic hydroxyl groups excluding tert-OH is 1. The van der Waals surface area contributed by atoms with Crippen molar-refractivity contribution in [1.82, 2.24) is 14.7 Å². The number of hydrogen-bond donors (Lipinski definition) is 2. The zero-order chi connectivity index (χ0) is 21.7. The Labute approximate surface area is 187 Å². The number of thiophene rings is 1. The first-order valence-corrected chi connectivity index (χ1v) is 11.5. The molecule has 30 heavy (non-hydrogen) atoms. The molecule has 0 spiro atoms. The molecule has 1 fully saturated rings. The number of ether oxygens (including phenoxy) is 1. The third kappa shape index (κ3) is 5.62. The molecule has 2 aromatic rings. The van der Waals surface area contributed by atoms with Crippen LogP contribution in [0, 0.1) is 5.41 Å². The van der Waals surface area contributed by atoms with E-state index in [4.69, 9.17) is 16.3 Å². The summed E-state index contributed by atoms with van der Waals surface area (Å²) < 4.78 is 7.34. The molecule has 0 unspecified atom stereocenters. The van der Waals surface area contributed by atoms with Gasteiger partial charge in [-0.1, -0.05) is 11.6 Å². The third-order valence-electron chi connectivity index (χ3n) is 5.58. The van der Waals surface area contributed by atoms with Crippen LogP contribution in [0.3, 0.4) is 0 Å². The number of piperidine rings is 1. The van der Waals surface area contributed by atoms with E-state index in [1.807, 2.05) is 18.2 Å². The van der Waals surface area contributed by atoms with Crippen molar-refractivity contribution in [2.75, 3.05) is 45.3 Å². The Morgan fingerprint density at radius 1 is 1.40 bits per heavy atom. The fraction of sp³-hybridized carbons (Fsp3) is 0.619. The highest BCUT2D eigenvalue weighted by Gasteiger charge is 2.32. The maximum atomic E-state index is 13.1. The lowest BCUT2D eigenvalue weighted by atomic mass is 9.93. The van der Waals surface area contributed by atoms with E-state index in [0.717, 1.165) is 54.0 Å². The molecule has 1 saturated heterocycles. The molecule has 9 heteroatoms. The van der Waals surface area contributed by atoms with Crippen LogP contribution >= 0.6 is 22.9 Å². The second-order valence-electron chi connectivity index (χ2n) is 8.38. The van der Waals surface area contributed by atoms with E-state index in [1.54, 1.807) is 21.0 Å². The number of aliphatic hydroxyl groups is 1. The van der Waals surface area contributed by atoms with Gasteiger partial charge in [0.05, 0.1) is 35.2 Å². The van der Waals surface area contributed by atoms with Crippen molar-refractivity contribution in [3.63, 3.8) is 0 Å². The topological polar surface area (TPSA) is 79.6 Å². The quantitative estimate of drug-likeness (QED) is 0.601. The lowest BCUT2D eigenvalue weighted by Crippen LogP contribution is -2.36. The highest BCUT2D eigenvalue weighted by Crippen LogP contribution is 2.31. The molecule has 3 heterocycles. The minimum Gasteiger partial charge on any atom is -0.395 e. The largest absolute Gasteiger partial charge is 0.395 e. The van der Waals surface area contributed by atoms with Crippen LogP contribution in [-0.2, 0) is 11.3 Å². The second kappa shape index (κ2) is 10.2. The summed E-state index contributed by atoms with van der Waals surface area (Å²) in [4.78, 5) is 16.5. The van der Waals surface area contributed by atoms with Crippen molar-refractivity contribution in [2.24, 2.45) is 5.41 Å². The smallest absolute Gasteiger partial charge is 0.256 e. The summed E-state index contributed by atoms with van der Waals surface area (Å²) in [6.45, 7) is 7.45. The predicted octanol–water partition coefficient (Wildman–Crippen LogP) is 3.69. The Hall–Kier alpha value is -1.45. The molecule has 2 N–H and O–H groups in total. The van der Waals surface area contributed by atoms with Crippen LogP contribution < -0.4 is 5.32 Å². The minimum atomic E-state index is -0.907. The monoisotopic (exact) mass is 454 g/mol. The van der Waals surface area contributed by atoms with Crippen molar-refractivity contribution in [1.29, 1.82) is 0 Å². The fourth-order valence-corrected chi connectivity index (χ4v) is 4.56. The molecule has 0 bridgehead atoms. The van der Waals surface area contributed by atoms with Gasteiger partial charge in [-0.2, -0.15) is 9.78 Å². The number of hydrogen-bond acceptors (Lipinski definition) is 7. The molecule has 0 atom stereocenters. The van der Waals surface area contributed by atoms with Gasteiger partial charge in [0, 0.05) is 30.5 Å². The van der Waals surface area contributed by atoms with Crippen molar-refractivity contribution in [2.45, 2.75) is 39.2 Å². The number of carbonyl (C=O) groups is 1. The van der Waals surface area contributed by atoms with E-state index in [2.05, 4.69) is 15.3 Å². The standard InChI is InChI=1S/C21H31ClN4O3S/c1-21(2,14-27)20(28)26-19(23-13-16-4-5-18(22)30-16)12-17(24-26)15-6-8-25(9-7-15)10-11-29-3/h4-5,12,15,23,27H,6-11,13-14H2,1-3H3. The van der Waals surface area contributed by atoms with Gasteiger partial charge in [0.1, 0.15) is 5.82 Å². The molecule has 0 amide bonds. The molecule has 0 aliphatic carbocycles. The zero-order valence-corrected chi connectivity index (χ0v) is 19.4. The van der Waals surface area contributed by atoms with Crippen molar-refractivity contribution in [3.05, 3.63) is 33.1 Å². The highest BCUT2D eigenvalue weighted by molar-refractivity contribution is 7.16. The number of nitrogens with one attached hydrogen (secondary N) is 1. The number of carbonyl (C=O) groups excluding carboxylic acids is 1. The van der Waals surface area contributed by atoms with Crippen LogP contribution in [0.4, 0.5) is 5.82 Å². The molecular weight excluding hydrogens is 424 g/mol. The van der Waals surface area contributed by atoms with Crippen LogP contribution in [0.1, 0.15) is 48.0 Å². The summed E-state index contributed by atoms with van der Waals surface area (Å²) in [5.74, 6) is 0.746. The molecule has 1 aliphatic rings. The van der Waals surface area contributed by atoms with Gasteiger partial charge in [0.15, 0.2) is 0 Å². The van der Waals surface area contributed by atoms with Crippen LogP contribution in [0.2, 0.25) is 4.34 Å². The molecule has 7 nitrogen and oxygen atoms in total. The summed E-state index contributed by atoms with van der Waals surface area (Å²) in [5, 5.41) is 17.7. The Balaban J connectivity index is 1.76. The van der Waals surface area contributed by atoms with Gasteiger partial charge in [-0.15, -0.1) is 11.3 Å². The molecule has 0 aromatic carbocycles. The number of rotatable bonds is 9. The normalized spacial score (nSPS) is 16.2. The first-order valence-electron chi connectivity index (χ1n) is 10.3. The maximum Gasteiger partial charge on any atom is 0.256 e. The molecule has 2 aromatic heterocycles. The van der Waals surface area contributed by atoms with E-state index < -0.39 is 5.41 Å². The van der Waals surface area contributed by atoms with Crippen LogP contribution in [0.25, 0.3) is 0 Å². The maximum absolute atomic E-state index is 13.1. The average Bonchev–Trinajstić information content (AvgIpc) is 3.36. The highest BCUT2D eigenvalue weighted by atomic mass is 35.5. The number of nitrogens with zero attached hydrogens (tertiary/aromatic N) is 3. The first-order chi connectivity index (χ1) is 14.3. The molecule has 166 valence electrons. The van der Waals surface area contributed by atoms with Gasteiger partial charge in [-0.3, -0.25) is 4.79 Å². The predicted molar refractivity (Wildman–Crippen MR) is 121 cm³/mol. The summed E-state index contributed by atoms with van der Waals surface area (Å²) >= 11 is 7.54. The number of aromatic nitrogens is 2. The summed E-state index contributed by atoms with van der Waals surface area (Å²) in [6, 6.07) is 5.82. The first kappa shape index (κ1) is 23.2. The summed E-state index contributed by atoms with van der Waals surface area (Å²) in [6.07, 6.45) is 2.00. The van der Waals surface area contributed by atoms with Gasteiger partial charge in [-0.25, -0.2) is 0 Å². The van der Waals surface area contributed by atoms with Crippen molar-refractivity contribution >= 4 is 34.7 Å². The number of halogens is 1. The lowest BCUT2D eigenvalue weighted by Gasteiger charge is -2.30. The molecular formula is C21H31ClN4O3S. The minimum absolute atomic E-state index is 0.222. The molecule has 0 saturated carbocycles. The van der Waals surface area contributed by atoms with Crippen molar-refractivity contribution < 1.29 is 14.6 Å². The van der Waals surface area contributed by atoms with Crippen molar-refractivity contribution in [3.8, 4) is 0 Å². The average molecular weight is 455 g/mol. The van der Waals surface area contributed by atoms with E-state index in [0.29, 0.717) is 18.3 Å². The van der Waals surface area contributed by atoms with Gasteiger partial charge in [-0.05, 0) is 51.9 Å². The number of likely N-dealkylation sites (tertiary alicyclic amines) is 1. The lowest BCUT2D eigenvalue weighted by molar-refractivity contribution is 0.0615. The number of anilines is 1. The number of methoxy groups -OCH3 is 1. The Morgan fingerprint density at radius 3 is 2.73 bits per heavy atom. The van der Waals surface area contributed by atoms with Crippen LogP contribution in [0.15, 0.2) is 18.2 Å². The van der Waals surface area contributed by atoms with E-state index in [-0.39, 0.29) is 12.5 Å². The van der Waals surface area contributed by atoms with E-state index in [9.17, 15) is 9.90 Å². The molecule has 3 rings (SSSR count). The van der Waals surface area contributed by atoms with Crippen LogP contribution in [0.5, 0.6) is 0 Å². The summed E-state index contributed by atoms with van der Waals surface area (Å²) in [7, 11) is 1.73. The zero-order valence-electron chi connectivity index (χ0n) is 17.9. The Bertz CT molecular complexity index is 843. The van der Waals surface area contributed by atoms with E-state index >= 15 is 0 Å². The van der Waals surface area contributed by atoms with Gasteiger partial charge in [0.25, 0.3) is 5.91 Å². The molecule has 1 aliphatic heterocycles.